The average molecular weight is 344 g/mol. The van der Waals surface area contributed by atoms with Gasteiger partial charge in [0.25, 0.3) is 0 Å². The number of nitrogens with two attached hydrogens (primary N) is 1. The van der Waals surface area contributed by atoms with E-state index in [4.69, 9.17) is 10.5 Å². The van der Waals surface area contributed by atoms with Crippen molar-refractivity contribution in [3.8, 4) is 0 Å². The number of hydrogen-bond donors (Lipinski definition) is 3. The molecule has 9 heteroatoms. The van der Waals surface area contributed by atoms with Gasteiger partial charge in [-0.1, -0.05) is 30.3 Å². The maximum Gasteiger partial charge on any atom is 0.408 e. The van der Waals surface area contributed by atoms with E-state index in [0.717, 1.165) is 12.7 Å². The summed E-state index contributed by atoms with van der Waals surface area (Å²) in [5, 5.41) is 2.27. The maximum atomic E-state index is 12.2. The molecule has 0 spiro atoms. The Balaban J connectivity index is 2.49. The molecule has 0 saturated heterocycles. The monoisotopic (exact) mass is 344 g/mol. The van der Waals surface area contributed by atoms with E-state index in [1.54, 1.807) is 24.3 Å². The molecule has 0 saturated carbocycles. The number of amides is 1. The first-order chi connectivity index (χ1) is 10.8. The van der Waals surface area contributed by atoms with E-state index in [1.165, 1.54) is 6.92 Å². The van der Waals surface area contributed by atoms with E-state index in [2.05, 4.69) is 10.1 Å². The number of benzene rings is 1. The quantitative estimate of drug-likeness (QED) is 0.498. The molecule has 128 valence electrons. The molecule has 0 aliphatic carbocycles. The third-order valence-corrected chi connectivity index (χ3v) is 5.36. The van der Waals surface area contributed by atoms with Crippen LogP contribution in [0.15, 0.2) is 30.3 Å². The van der Waals surface area contributed by atoms with Gasteiger partial charge in [0.05, 0.1) is 13.3 Å². The van der Waals surface area contributed by atoms with Crippen LogP contribution >= 0.6 is 7.37 Å². The third-order valence-electron chi connectivity index (χ3n) is 3.11. The van der Waals surface area contributed by atoms with Gasteiger partial charge in [-0.25, -0.2) is 4.79 Å². The summed E-state index contributed by atoms with van der Waals surface area (Å²) in [5.74, 6) is -1.90. The number of ether oxygens (including phenoxy) is 2. The van der Waals surface area contributed by atoms with E-state index in [9.17, 15) is 19.0 Å². The van der Waals surface area contributed by atoms with E-state index >= 15 is 0 Å². The van der Waals surface area contributed by atoms with Gasteiger partial charge in [0, 0.05) is 0 Å². The normalized spacial score (nSPS) is 15.8. The van der Waals surface area contributed by atoms with Crippen molar-refractivity contribution >= 4 is 19.4 Å². The molecule has 0 bridgehead atoms. The van der Waals surface area contributed by atoms with Crippen molar-refractivity contribution in [2.24, 2.45) is 5.73 Å². The van der Waals surface area contributed by atoms with Gasteiger partial charge in [-0.2, -0.15) is 0 Å². The van der Waals surface area contributed by atoms with Crippen molar-refractivity contribution < 1.29 is 28.5 Å². The highest BCUT2D eigenvalue weighted by molar-refractivity contribution is 7.58. The van der Waals surface area contributed by atoms with Crippen LogP contribution in [0.25, 0.3) is 0 Å². The van der Waals surface area contributed by atoms with E-state index in [-0.39, 0.29) is 6.61 Å². The van der Waals surface area contributed by atoms with E-state index in [0.29, 0.717) is 0 Å². The molecule has 0 fully saturated rings. The molecule has 1 rings (SSSR count). The van der Waals surface area contributed by atoms with Gasteiger partial charge in [-0.05, 0) is 12.5 Å². The predicted octanol–water partition coefficient (Wildman–Crippen LogP) is 1.03. The number of carbonyl (C=O) groups excluding carboxylic acids is 2. The summed E-state index contributed by atoms with van der Waals surface area (Å²) < 4.78 is 21.5. The van der Waals surface area contributed by atoms with Crippen molar-refractivity contribution in [3.05, 3.63) is 35.9 Å². The maximum absolute atomic E-state index is 12.2. The first-order valence-electron chi connectivity index (χ1n) is 6.88. The molecule has 8 nitrogen and oxygen atoms in total. The van der Waals surface area contributed by atoms with Crippen LogP contribution < -0.4 is 11.1 Å². The fraction of sp³-hybridized carbons (Fsp3) is 0.429. The van der Waals surface area contributed by atoms with Crippen LogP contribution in [0.3, 0.4) is 0 Å². The lowest BCUT2D eigenvalue weighted by Crippen LogP contribution is -2.39. The number of methoxy groups -OCH3 is 1. The zero-order chi connectivity index (χ0) is 17.5. The Hall–Kier alpha value is -1.89. The molecule has 23 heavy (non-hydrogen) atoms. The van der Waals surface area contributed by atoms with Crippen LogP contribution in [0.2, 0.25) is 0 Å². The second-order valence-corrected chi connectivity index (χ2v) is 7.60. The van der Waals surface area contributed by atoms with Crippen LogP contribution in [0.1, 0.15) is 12.5 Å². The summed E-state index contributed by atoms with van der Waals surface area (Å²) in [5.41, 5.74) is 6.25. The largest absolute Gasteiger partial charge is 0.468 e. The third kappa shape index (κ3) is 6.40. The van der Waals surface area contributed by atoms with Crippen molar-refractivity contribution in [1.29, 1.82) is 0 Å². The summed E-state index contributed by atoms with van der Waals surface area (Å²) in [6, 6.07) is 7.76. The minimum Gasteiger partial charge on any atom is -0.468 e. The van der Waals surface area contributed by atoms with Crippen LogP contribution in [-0.2, 0) is 25.4 Å². The SMILES string of the molecule is COC(=O)C(N)CP(=O)(O)C(C)NC(=O)OCc1ccccc1. The van der Waals surface area contributed by atoms with Crippen LogP contribution in [0.5, 0.6) is 0 Å². The molecular weight excluding hydrogens is 323 g/mol. The Morgan fingerprint density at radius 3 is 2.52 bits per heavy atom. The molecule has 1 amide bonds. The lowest BCUT2D eigenvalue weighted by Gasteiger charge is -2.22. The van der Waals surface area contributed by atoms with E-state index in [1.807, 2.05) is 6.07 Å². The fourth-order valence-electron chi connectivity index (χ4n) is 1.70. The Bertz CT molecular complexity index is 580. The zero-order valence-electron chi connectivity index (χ0n) is 13.0. The van der Waals surface area contributed by atoms with E-state index < -0.39 is 37.4 Å². The smallest absolute Gasteiger partial charge is 0.408 e. The summed E-state index contributed by atoms with van der Waals surface area (Å²) in [7, 11) is -2.76. The number of carbonyl (C=O) groups is 2. The highest BCUT2D eigenvalue weighted by Crippen LogP contribution is 2.45. The molecule has 0 aromatic heterocycles. The van der Waals surface area contributed by atoms with Gasteiger partial charge in [0.2, 0.25) is 7.37 Å². The Kier molecular flexibility index (Phi) is 7.22. The summed E-state index contributed by atoms with van der Waals surface area (Å²) in [6.07, 6.45) is -1.33. The highest BCUT2D eigenvalue weighted by atomic mass is 31.2. The summed E-state index contributed by atoms with van der Waals surface area (Å²) in [6.45, 7) is 1.38. The van der Waals surface area contributed by atoms with Gasteiger partial charge in [-0.15, -0.1) is 0 Å². The number of esters is 1. The van der Waals surface area contributed by atoms with Gasteiger partial charge in [0.15, 0.2) is 0 Å². The summed E-state index contributed by atoms with van der Waals surface area (Å²) in [4.78, 5) is 32.8. The summed E-state index contributed by atoms with van der Waals surface area (Å²) >= 11 is 0. The Morgan fingerprint density at radius 2 is 1.96 bits per heavy atom. The Labute approximate surface area is 134 Å². The molecule has 0 radical (unpaired) electrons. The van der Waals surface area contributed by atoms with Crippen LogP contribution in [0.4, 0.5) is 4.79 Å². The van der Waals surface area contributed by atoms with Crippen molar-refractivity contribution in [1.82, 2.24) is 5.32 Å². The predicted molar refractivity (Wildman–Crippen MR) is 83.9 cm³/mol. The number of hydrogen-bond acceptors (Lipinski definition) is 6. The Morgan fingerprint density at radius 1 is 1.35 bits per heavy atom. The molecule has 1 aromatic carbocycles. The minimum atomic E-state index is -3.89. The topological polar surface area (TPSA) is 128 Å². The van der Waals surface area contributed by atoms with Gasteiger partial charge in [0.1, 0.15) is 18.4 Å². The minimum absolute atomic E-state index is 0.0385. The molecule has 0 aliphatic rings. The van der Waals surface area contributed by atoms with Crippen molar-refractivity contribution in [3.63, 3.8) is 0 Å². The molecule has 3 unspecified atom stereocenters. The van der Waals surface area contributed by atoms with Gasteiger partial charge >= 0.3 is 12.1 Å². The number of rotatable bonds is 7. The molecular formula is C14H21N2O6P. The van der Waals surface area contributed by atoms with Crippen LogP contribution in [0, 0.1) is 0 Å². The molecule has 1 aromatic rings. The number of alkyl carbamates (subject to hydrolysis) is 1. The highest BCUT2D eigenvalue weighted by Gasteiger charge is 2.33. The second-order valence-electron chi connectivity index (χ2n) is 4.95. The van der Waals surface area contributed by atoms with Crippen molar-refractivity contribution in [2.75, 3.05) is 13.3 Å². The molecule has 0 aliphatic heterocycles. The lowest BCUT2D eigenvalue weighted by atomic mass is 10.2. The molecule has 3 atom stereocenters. The fourth-order valence-corrected chi connectivity index (χ4v) is 3.04. The van der Waals surface area contributed by atoms with Crippen LogP contribution in [-0.4, -0.2) is 42.1 Å². The van der Waals surface area contributed by atoms with Gasteiger partial charge in [-0.3, -0.25) is 9.36 Å². The first-order valence-corrected chi connectivity index (χ1v) is 8.79. The second kappa shape index (κ2) is 8.67. The van der Waals surface area contributed by atoms with Gasteiger partial charge < -0.3 is 25.4 Å². The first kappa shape index (κ1) is 19.2. The average Bonchev–Trinajstić information content (AvgIpc) is 2.52. The zero-order valence-corrected chi connectivity index (χ0v) is 13.9. The lowest BCUT2D eigenvalue weighted by molar-refractivity contribution is -0.141. The number of nitrogens with one attached hydrogen (secondary N) is 1. The molecule has 4 N–H and O–H groups in total. The standard InChI is InChI=1S/C14H21N2O6P/c1-10(23(19,20)9-12(15)13(17)21-2)16-14(18)22-8-11-6-4-3-5-7-11/h3-7,10,12H,8-9,15H2,1-2H3,(H,16,18)(H,19,20). The van der Waals surface area contributed by atoms with Crippen molar-refractivity contribution in [2.45, 2.75) is 25.4 Å². The molecule has 0 heterocycles.